The molecule has 0 heterocycles. The van der Waals surface area contributed by atoms with Crippen LogP contribution in [-0.2, 0) is 0 Å². The van der Waals surface area contributed by atoms with Crippen LogP contribution in [0.5, 0.6) is 0 Å². The summed E-state index contributed by atoms with van der Waals surface area (Å²) >= 11 is 0. The van der Waals surface area contributed by atoms with E-state index in [0.717, 1.165) is 12.1 Å². The normalized spacial score (nSPS) is 22.9. The van der Waals surface area contributed by atoms with Gasteiger partial charge in [-0.3, -0.25) is 4.99 Å². The molecule has 1 aromatic carbocycles. The molecular weight excluding hydrogens is 220 g/mol. The van der Waals surface area contributed by atoms with Gasteiger partial charge in [-0.15, -0.1) is 0 Å². The number of hydrogen-bond donors (Lipinski definition) is 1. The zero-order valence-electron chi connectivity index (χ0n) is 10.6. The molecule has 1 unspecified atom stereocenters. The fourth-order valence-corrected chi connectivity index (χ4v) is 1.75. The summed E-state index contributed by atoms with van der Waals surface area (Å²) in [6.07, 6.45) is 15.0. The minimum absolute atomic E-state index is 0.0914. The molecule has 0 aliphatic heterocycles. The van der Waals surface area contributed by atoms with Crippen LogP contribution in [0.4, 0.5) is 5.69 Å². The first-order chi connectivity index (χ1) is 8.79. The molecule has 0 saturated carbocycles. The Bertz CT molecular complexity index is 483. The summed E-state index contributed by atoms with van der Waals surface area (Å²) < 4.78 is 0. The Labute approximate surface area is 108 Å². The van der Waals surface area contributed by atoms with Crippen LogP contribution in [0.15, 0.2) is 71.9 Å². The lowest BCUT2D eigenvalue weighted by Crippen LogP contribution is -2.18. The van der Waals surface area contributed by atoms with Crippen molar-refractivity contribution in [2.75, 3.05) is 5.32 Å². The summed E-state index contributed by atoms with van der Waals surface area (Å²) in [5.41, 5.74) is 0.986. The van der Waals surface area contributed by atoms with E-state index in [-0.39, 0.29) is 5.54 Å². The Morgan fingerprint density at radius 1 is 1.22 bits per heavy atom. The highest BCUT2D eigenvalue weighted by Gasteiger charge is 2.17. The highest BCUT2D eigenvalue weighted by atomic mass is 14.8. The molecule has 2 heteroatoms. The van der Waals surface area contributed by atoms with Gasteiger partial charge in [0.15, 0.2) is 0 Å². The molecule has 18 heavy (non-hydrogen) atoms. The van der Waals surface area contributed by atoms with Crippen LogP contribution in [0.2, 0.25) is 0 Å². The van der Waals surface area contributed by atoms with E-state index in [1.54, 1.807) is 0 Å². The second-order valence-electron chi connectivity index (χ2n) is 4.50. The van der Waals surface area contributed by atoms with Crippen LogP contribution in [0.1, 0.15) is 13.3 Å². The molecule has 0 radical (unpaired) electrons. The van der Waals surface area contributed by atoms with E-state index < -0.39 is 0 Å². The third-order valence-corrected chi connectivity index (χ3v) is 2.81. The number of para-hydroxylation sites is 1. The van der Waals surface area contributed by atoms with E-state index in [2.05, 4.69) is 35.5 Å². The van der Waals surface area contributed by atoms with Gasteiger partial charge in [-0.05, 0) is 31.6 Å². The van der Waals surface area contributed by atoms with Gasteiger partial charge in [0.2, 0.25) is 0 Å². The zero-order chi connectivity index (χ0) is 12.7. The highest BCUT2D eigenvalue weighted by molar-refractivity contribution is 5.72. The summed E-state index contributed by atoms with van der Waals surface area (Å²) in [5, 5.41) is 3.19. The van der Waals surface area contributed by atoms with Gasteiger partial charge >= 0.3 is 0 Å². The van der Waals surface area contributed by atoms with Crippen LogP contribution in [0, 0.1) is 0 Å². The number of rotatable bonds is 4. The SMILES string of the molecule is CC1(N=C/C=C/Nc2ccccc2)C=CC=CC1. The average molecular weight is 238 g/mol. The second-order valence-corrected chi connectivity index (χ2v) is 4.50. The third-order valence-electron chi connectivity index (χ3n) is 2.81. The minimum atomic E-state index is -0.0914. The van der Waals surface area contributed by atoms with Gasteiger partial charge < -0.3 is 5.32 Å². The van der Waals surface area contributed by atoms with Crippen molar-refractivity contribution >= 4 is 11.9 Å². The van der Waals surface area contributed by atoms with Gasteiger partial charge in [0.25, 0.3) is 0 Å². The predicted octanol–water partition coefficient (Wildman–Crippen LogP) is 3.96. The number of benzene rings is 1. The van der Waals surface area contributed by atoms with E-state index in [1.807, 2.05) is 54.9 Å². The topological polar surface area (TPSA) is 24.4 Å². The van der Waals surface area contributed by atoms with Crippen LogP contribution in [0.25, 0.3) is 0 Å². The van der Waals surface area contributed by atoms with Crippen LogP contribution in [-0.4, -0.2) is 11.8 Å². The Balaban J connectivity index is 1.84. The fourth-order valence-electron chi connectivity index (χ4n) is 1.75. The molecule has 2 nitrogen and oxygen atoms in total. The van der Waals surface area contributed by atoms with Gasteiger partial charge in [0, 0.05) is 18.1 Å². The largest absolute Gasteiger partial charge is 0.362 e. The van der Waals surface area contributed by atoms with Crippen molar-refractivity contribution in [1.29, 1.82) is 0 Å². The lowest BCUT2D eigenvalue weighted by Gasteiger charge is -2.20. The number of anilines is 1. The first kappa shape index (κ1) is 12.4. The van der Waals surface area contributed by atoms with Crippen molar-refractivity contribution in [3.8, 4) is 0 Å². The quantitative estimate of drug-likeness (QED) is 0.789. The van der Waals surface area contributed by atoms with Crippen molar-refractivity contribution in [1.82, 2.24) is 0 Å². The van der Waals surface area contributed by atoms with E-state index in [9.17, 15) is 0 Å². The predicted molar refractivity (Wildman–Crippen MR) is 79.0 cm³/mol. The molecule has 0 amide bonds. The Morgan fingerprint density at radius 2 is 2.06 bits per heavy atom. The van der Waals surface area contributed by atoms with Crippen LogP contribution < -0.4 is 5.32 Å². The summed E-state index contributed by atoms with van der Waals surface area (Å²) in [6.45, 7) is 2.13. The molecule has 0 bridgehead atoms. The fraction of sp³-hybridized carbons (Fsp3) is 0.188. The van der Waals surface area contributed by atoms with E-state index in [0.29, 0.717) is 0 Å². The van der Waals surface area contributed by atoms with Crippen molar-refractivity contribution in [3.63, 3.8) is 0 Å². The van der Waals surface area contributed by atoms with Gasteiger partial charge in [0.05, 0.1) is 5.54 Å². The van der Waals surface area contributed by atoms with Crippen LogP contribution in [0.3, 0.4) is 0 Å². The lowest BCUT2D eigenvalue weighted by atomic mass is 9.95. The standard InChI is InChI=1S/C16H18N2/c1-16(11-6-3-7-12-16)18-14-8-13-17-15-9-4-2-5-10-15/h2-11,13-14,17H,12H2,1H3/b13-8+,18-14?. The molecule has 0 spiro atoms. The van der Waals surface area contributed by atoms with Gasteiger partial charge in [-0.2, -0.15) is 0 Å². The Kier molecular flexibility index (Phi) is 4.13. The first-order valence-corrected chi connectivity index (χ1v) is 6.15. The van der Waals surface area contributed by atoms with Crippen molar-refractivity contribution in [2.45, 2.75) is 18.9 Å². The maximum absolute atomic E-state index is 4.56. The van der Waals surface area contributed by atoms with E-state index in [4.69, 9.17) is 0 Å². The maximum atomic E-state index is 4.56. The third kappa shape index (κ3) is 3.74. The minimum Gasteiger partial charge on any atom is -0.362 e. The monoisotopic (exact) mass is 238 g/mol. The molecule has 1 aliphatic carbocycles. The van der Waals surface area contributed by atoms with Gasteiger partial charge in [0.1, 0.15) is 0 Å². The van der Waals surface area contributed by atoms with E-state index >= 15 is 0 Å². The first-order valence-electron chi connectivity index (χ1n) is 6.15. The summed E-state index contributed by atoms with van der Waals surface area (Å²) in [5.74, 6) is 0. The van der Waals surface area contributed by atoms with E-state index in [1.165, 1.54) is 0 Å². The van der Waals surface area contributed by atoms with Crippen LogP contribution >= 0.6 is 0 Å². The molecule has 1 aromatic rings. The molecule has 2 rings (SSSR count). The summed E-state index contributed by atoms with van der Waals surface area (Å²) in [4.78, 5) is 4.56. The molecule has 0 fully saturated rings. The summed E-state index contributed by atoms with van der Waals surface area (Å²) in [6, 6.07) is 10.1. The molecule has 92 valence electrons. The number of aliphatic imine (C=N–C) groups is 1. The average Bonchev–Trinajstić information content (AvgIpc) is 2.40. The lowest BCUT2D eigenvalue weighted by molar-refractivity contribution is 0.596. The van der Waals surface area contributed by atoms with Gasteiger partial charge in [-0.1, -0.05) is 42.5 Å². The molecule has 1 N–H and O–H groups in total. The highest BCUT2D eigenvalue weighted by Crippen LogP contribution is 2.20. The molecule has 1 atom stereocenters. The molecule has 0 aromatic heterocycles. The number of hydrogen-bond acceptors (Lipinski definition) is 2. The molecule has 0 saturated heterocycles. The van der Waals surface area contributed by atoms with Crippen molar-refractivity contribution in [3.05, 3.63) is 66.9 Å². The zero-order valence-corrected chi connectivity index (χ0v) is 10.6. The molecular formula is C16H18N2. The second kappa shape index (κ2) is 6.01. The molecule has 1 aliphatic rings. The number of nitrogens with one attached hydrogen (secondary N) is 1. The number of allylic oxidation sites excluding steroid dienone is 3. The number of nitrogens with zero attached hydrogens (tertiary/aromatic N) is 1. The van der Waals surface area contributed by atoms with Gasteiger partial charge in [-0.25, -0.2) is 0 Å². The van der Waals surface area contributed by atoms with Crippen molar-refractivity contribution in [2.24, 2.45) is 4.99 Å². The maximum Gasteiger partial charge on any atom is 0.0796 e. The Hall–Kier alpha value is -2.09. The van der Waals surface area contributed by atoms with Crippen molar-refractivity contribution < 1.29 is 0 Å². The Morgan fingerprint density at radius 3 is 2.78 bits per heavy atom. The summed E-state index contributed by atoms with van der Waals surface area (Å²) in [7, 11) is 0. The smallest absolute Gasteiger partial charge is 0.0796 e.